The van der Waals surface area contributed by atoms with E-state index in [0.717, 1.165) is 0 Å². The quantitative estimate of drug-likeness (QED) is 0.827. The van der Waals surface area contributed by atoms with Crippen LogP contribution in [0.15, 0.2) is 36.5 Å². The fourth-order valence-corrected chi connectivity index (χ4v) is 1.49. The van der Waals surface area contributed by atoms with E-state index in [2.05, 4.69) is 11.0 Å². The molecule has 0 aliphatic heterocycles. The number of para-hydroxylation sites is 1. The number of hydrogen-bond acceptors (Lipinski definition) is 3. The Morgan fingerprint density at radius 2 is 2.17 bits per heavy atom. The second kappa shape index (κ2) is 5.06. The molecule has 1 aromatic heterocycles. The third-order valence-electron chi connectivity index (χ3n) is 2.25. The van der Waals surface area contributed by atoms with Gasteiger partial charge in [0, 0.05) is 0 Å². The molecule has 0 saturated heterocycles. The number of aromatic carboxylic acids is 1. The van der Waals surface area contributed by atoms with Gasteiger partial charge in [0.05, 0.1) is 11.9 Å². The molecule has 0 amide bonds. The van der Waals surface area contributed by atoms with E-state index in [1.54, 1.807) is 12.1 Å². The lowest BCUT2D eigenvalue weighted by atomic mass is 10.3. The van der Waals surface area contributed by atoms with E-state index in [4.69, 9.17) is 16.3 Å². The van der Waals surface area contributed by atoms with Crippen LogP contribution < -0.4 is 4.74 Å². The molecule has 0 fully saturated rings. The first-order valence-electron chi connectivity index (χ1n) is 5.17. The van der Waals surface area contributed by atoms with Crippen molar-refractivity contribution in [3.63, 3.8) is 0 Å². The van der Waals surface area contributed by atoms with Crippen LogP contribution >= 0.6 is 0 Å². The number of nitrogens with zero attached hydrogens (tertiary/aromatic N) is 2. The number of benzene rings is 1. The summed E-state index contributed by atoms with van der Waals surface area (Å²) in [4.78, 5) is 11.0. The van der Waals surface area contributed by atoms with Crippen molar-refractivity contribution in [1.82, 2.24) is 9.78 Å². The van der Waals surface area contributed by atoms with E-state index in [9.17, 15) is 4.79 Å². The predicted molar refractivity (Wildman–Crippen MR) is 64.9 cm³/mol. The van der Waals surface area contributed by atoms with Crippen molar-refractivity contribution in [2.24, 2.45) is 0 Å². The molecular weight excluding hydrogens is 232 g/mol. The van der Waals surface area contributed by atoms with Gasteiger partial charge < -0.3 is 9.84 Å². The van der Waals surface area contributed by atoms with E-state index in [0.29, 0.717) is 5.69 Å². The van der Waals surface area contributed by atoms with E-state index < -0.39 is 5.97 Å². The first kappa shape index (κ1) is 11.7. The lowest BCUT2D eigenvalue weighted by Gasteiger charge is -2.07. The average Bonchev–Trinajstić information content (AvgIpc) is 2.81. The number of hydrogen-bond donors (Lipinski definition) is 1. The molecular formula is C13H10N2O3. The summed E-state index contributed by atoms with van der Waals surface area (Å²) in [7, 11) is 0. The summed E-state index contributed by atoms with van der Waals surface area (Å²) in [5.74, 6) is 1.32. The van der Waals surface area contributed by atoms with Gasteiger partial charge >= 0.3 is 5.97 Å². The van der Waals surface area contributed by atoms with Crippen LogP contribution in [0.5, 0.6) is 5.88 Å². The van der Waals surface area contributed by atoms with Gasteiger partial charge in [-0.3, -0.25) is 0 Å². The van der Waals surface area contributed by atoms with Crippen LogP contribution in [0.4, 0.5) is 0 Å². The van der Waals surface area contributed by atoms with Crippen LogP contribution in [-0.4, -0.2) is 27.5 Å². The van der Waals surface area contributed by atoms with Gasteiger partial charge in [0.15, 0.2) is 6.61 Å². The molecule has 5 nitrogen and oxygen atoms in total. The second-order valence-corrected chi connectivity index (χ2v) is 3.41. The Bertz CT molecular complexity index is 596. The summed E-state index contributed by atoms with van der Waals surface area (Å²) < 4.78 is 6.66. The highest BCUT2D eigenvalue weighted by Crippen LogP contribution is 2.22. The van der Waals surface area contributed by atoms with Crippen LogP contribution in [0, 0.1) is 12.3 Å². The fraction of sp³-hybridized carbons (Fsp3) is 0.0769. The number of carboxylic acid groups (broad SMARTS) is 1. The molecule has 5 heteroatoms. The normalized spacial score (nSPS) is 9.72. The number of rotatable bonds is 4. The Morgan fingerprint density at radius 1 is 1.44 bits per heavy atom. The van der Waals surface area contributed by atoms with E-state index >= 15 is 0 Å². The maximum atomic E-state index is 11.0. The number of aromatic nitrogens is 2. The minimum absolute atomic E-state index is 0.0151. The van der Waals surface area contributed by atoms with Crippen LogP contribution in [-0.2, 0) is 0 Å². The van der Waals surface area contributed by atoms with E-state index in [-0.39, 0.29) is 18.1 Å². The summed E-state index contributed by atoms with van der Waals surface area (Å²) in [6, 6.07) is 9.08. The number of carbonyl (C=O) groups is 1. The van der Waals surface area contributed by atoms with Gasteiger partial charge in [0.2, 0.25) is 5.88 Å². The summed E-state index contributed by atoms with van der Waals surface area (Å²) in [6.45, 7) is -0.0151. The highest BCUT2D eigenvalue weighted by atomic mass is 16.5. The van der Waals surface area contributed by atoms with Crippen molar-refractivity contribution in [2.75, 3.05) is 6.61 Å². The Labute approximate surface area is 104 Å². The van der Waals surface area contributed by atoms with Gasteiger partial charge in [-0.05, 0) is 12.1 Å². The highest BCUT2D eigenvalue weighted by Gasteiger charge is 2.18. The molecule has 0 saturated carbocycles. The lowest BCUT2D eigenvalue weighted by molar-refractivity contribution is 0.0692. The summed E-state index contributed by atoms with van der Waals surface area (Å²) in [5.41, 5.74) is 0.686. The van der Waals surface area contributed by atoms with Gasteiger partial charge in [-0.25, -0.2) is 9.48 Å². The Balaban J connectivity index is 2.48. The van der Waals surface area contributed by atoms with Crippen LogP contribution in [0.25, 0.3) is 5.69 Å². The summed E-state index contributed by atoms with van der Waals surface area (Å²) in [6.07, 6.45) is 6.35. The topological polar surface area (TPSA) is 64.3 Å². The third kappa shape index (κ3) is 2.18. The van der Waals surface area contributed by atoms with E-state index in [1.807, 2.05) is 18.2 Å². The molecule has 2 aromatic rings. The minimum atomic E-state index is -1.11. The first-order chi connectivity index (χ1) is 8.74. The second-order valence-electron chi connectivity index (χ2n) is 3.41. The monoisotopic (exact) mass is 242 g/mol. The molecule has 18 heavy (non-hydrogen) atoms. The molecule has 0 atom stereocenters. The molecule has 90 valence electrons. The first-order valence-corrected chi connectivity index (χ1v) is 5.17. The van der Waals surface area contributed by atoms with Crippen LogP contribution in [0.1, 0.15) is 10.4 Å². The van der Waals surface area contributed by atoms with Gasteiger partial charge in [-0.2, -0.15) is 5.10 Å². The highest BCUT2D eigenvalue weighted by molar-refractivity contribution is 5.90. The molecule has 1 N–H and O–H groups in total. The zero-order valence-electron chi connectivity index (χ0n) is 9.41. The number of ether oxygens (including phenoxy) is 1. The molecule has 0 radical (unpaired) electrons. The van der Waals surface area contributed by atoms with Gasteiger partial charge in [0.1, 0.15) is 5.56 Å². The molecule has 0 aliphatic rings. The van der Waals surface area contributed by atoms with Gasteiger partial charge in [0.25, 0.3) is 0 Å². The van der Waals surface area contributed by atoms with Crippen LogP contribution in [0.2, 0.25) is 0 Å². The number of carboxylic acids is 1. The molecule has 0 unspecified atom stereocenters. The molecule has 0 spiro atoms. The van der Waals surface area contributed by atoms with Crippen molar-refractivity contribution in [1.29, 1.82) is 0 Å². The third-order valence-corrected chi connectivity index (χ3v) is 2.25. The van der Waals surface area contributed by atoms with E-state index in [1.165, 1.54) is 10.9 Å². The zero-order valence-corrected chi connectivity index (χ0v) is 9.41. The Morgan fingerprint density at radius 3 is 2.78 bits per heavy atom. The smallest absolute Gasteiger partial charge is 0.342 e. The van der Waals surface area contributed by atoms with Crippen molar-refractivity contribution in [3.05, 3.63) is 42.1 Å². The number of terminal acetylenes is 1. The maximum Gasteiger partial charge on any atom is 0.342 e. The standard InChI is InChI=1S/C13H10N2O3/c1-2-8-18-12-11(13(16)17)9-14-15(12)10-6-4-3-5-7-10/h1,3-7,9H,8H2,(H,16,17). The van der Waals surface area contributed by atoms with Gasteiger partial charge in [-0.1, -0.05) is 24.1 Å². The Hall–Kier alpha value is -2.74. The maximum absolute atomic E-state index is 11.0. The molecule has 0 bridgehead atoms. The summed E-state index contributed by atoms with van der Waals surface area (Å²) >= 11 is 0. The molecule has 2 rings (SSSR count). The van der Waals surface area contributed by atoms with Gasteiger partial charge in [-0.15, -0.1) is 6.42 Å². The van der Waals surface area contributed by atoms with Crippen molar-refractivity contribution < 1.29 is 14.6 Å². The van der Waals surface area contributed by atoms with Crippen molar-refractivity contribution in [3.8, 4) is 23.9 Å². The predicted octanol–water partition coefficient (Wildman–Crippen LogP) is 1.58. The minimum Gasteiger partial charge on any atom is -0.477 e. The summed E-state index contributed by atoms with van der Waals surface area (Å²) in [5, 5.41) is 13.0. The lowest BCUT2D eigenvalue weighted by Crippen LogP contribution is -2.06. The van der Waals surface area contributed by atoms with Crippen LogP contribution in [0.3, 0.4) is 0 Å². The molecule has 1 aromatic carbocycles. The molecule has 1 heterocycles. The Kier molecular flexibility index (Phi) is 3.30. The molecule has 0 aliphatic carbocycles. The SMILES string of the molecule is C#CCOc1c(C(=O)O)cnn1-c1ccccc1. The van der Waals surface area contributed by atoms with Crippen molar-refractivity contribution >= 4 is 5.97 Å². The largest absolute Gasteiger partial charge is 0.477 e. The average molecular weight is 242 g/mol. The fourth-order valence-electron chi connectivity index (χ4n) is 1.49. The van der Waals surface area contributed by atoms with Crippen molar-refractivity contribution in [2.45, 2.75) is 0 Å². The zero-order chi connectivity index (χ0) is 13.0.